The Morgan fingerprint density at radius 3 is 2.54 bits per heavy atom. The van der Waals surface area contributed by atoms with Gasteiger partial charge in [-0.05, 0) is 18.9 Å². The molecule has 2 atom stereocenters. The van der Waals surface area contributed by atoms with E-state index in [1.54, 1.807) is 19.9 Å². The number of amidine groups is 1. The van der Waals surface area contributed by atoms with Crippen LogP contribution in [-0.4, -0.2) is 36.4 Å². The van der Waals surface area contributed by atoms with Gasteiger partial charge in [-0.1, -0.05) is 19.1 Å². The largest absolute Gasteiger partial charge is 0.468 e. The van der Waals surface area contributed by atoms with Crippen LogP contribution in [0.3, 0.4) is 0 Å². The summed E-state index contributed by atoms with van der Waals surface area (Å²) in [5, 5.41) is 11.2. The number of ether oxygens (including phenoxy) is 2. The standard InChI is InChI=1S/C18H22N4O6/c1-4-18(17(24)27-3)13(10-7-6-8-11(9-10)22(25)26)12(15(23)28-5-2)14(19)21-16(18)20/h6-9,13H,4-5,19H2,1-3H3,(H2,20,21). The first kappa shape index (κ1) is 20.9. The normalized spacial score (nSPS) is 21.7. The zero-order valence-corrected chi connectivity index (χ0v) is 15.8. The fourth-order valence-electron chi connectivity index (χ4n) is 3.47. The third-order valence-corrected chi connectivity index (χ3v) is 4.77. The Morgan fingerprint density at radius 2 is 2.00 bits per heavy atom. The van der Waals surface area contributed by atoms with Crippen LogP contribution in [0.25, 0.3) is 0 Å². The number of nitro groups is 1. The van der Waals surface area contributed by atoms with Crippen LogP contribution < -0.4 is 11.5 Å². The molecule has 0 bridgehead atoms. The van der Waals surface area contributed by atoms with Gasteiger partial charge in [0.05, 0.1) is 24.2 Å². The fourth-order valence-corrected chi connectivity index (χ4v) is 3.47. The molecule has 0 saturated heterocycles. The SMILES string of the molecule is CCOC(=O)C1=C(N)N=C(N)C(CC)(C(=O)OC)C1c1cccc([N+](=O)[O-])c1. The molecule has 10 heteroatoms. The molecule has 1 aliphatic heterocycles. The first-order chi connectivity index (χ1) is 13.2. The molecule has 1 aliphatic rings. The summed E-state index contributed by atoms with van der Waals surface area (Å²) in [4.78, 5) is 40.2. The highest BCUT2D eigenvalue weighted by molar-refractivity contribution is 6.10. The highest BCUT2D eigenvalue weighted by Crippen LogP contribution is 2.49. The minimum Gasteiger partial charge on any atom is -0.468 e. The van der Waals surface area contributed by atoms with Crippen LogP contribution in [0.15, 0.2) is 40.7 Å². The van der Waals surface area contributed by atoms with Gasteiger partial charge in [-0.3, -0.25) is 14.9 Å². The van der Waals surface area contributed by atoms with Crippen LogP contribution in [-0.2, 0) is 19.1 Å². The number of nitrogens with two attached hydrogens (primary N) is 2. The fraction of sp³-hybridized carbons (Fsp3) is 0.389. The second kappa shape index (κ2) is 8.07. The van der Waals surface area contributed by atoms with Crippen molar-refractivity contribution in [3.63, 3.8) is 0 Å². The van der Waals surface area contributed by atoms with E-state index >= 15 is 0 Å². The highest BCUT2D eigenvalue weighted by atomic mass is 16.6. The highest BCUT2D eigenvalue weighted by Gasteiger charge is 2.55. The number of nitro benzene ring substituents is 1. The number of methoxy groups -OCH3 is 1. The molecule has 2 rings (SSSR count). The van der Waals surface area contributed by atoms with Crippen LogP contribution in [0.4, 0.5) is 5.69 Å². The van der Waals surface area contributed by atoms with Crippen LogP contribution in [0.5, 0.6) is 0 Å². The van der Waals surface area contributed by atoms with Gasteiger partial charge >= 0.3 is 11.9 Å². The zero-order chi connectivity index (χ0) is 21.1. The lowest BCUT2D eigenvalue weighted by atomic mass is 9.64. The Kier molecular flexibility index (Phi) is 6.02. The molecular weight excluding hydrogens is 368 g/mol. The monoisotopic (exact) mass is 390 g/mol. The molecule has 4 N–H and O–H groups in total. The van der Waals surface area contributed by atoms with Crippen LogP contribution in [0.2, 0.25) is 0 Å². The van der Waals surface area contributed by atoms with Crippen molar-refractivity contribution in [2.24, 2.45) is 21.9 Å². The molecule has 1 aromatic carbocycles. The minimum atomic E-state index is -1.57. The third kappa shape index (κ3) is 3.28. The molecule has 28 heavy (non-hydrogen) atoms. The number of rotatable bonds is 6. The molecule has 150 valence electrons. The van der Waals surface area contributed by atoms with Crippen molar-refractivity contribution in [1.82, 2.24) is 0 Å². The summed E-state index contributed by atoms with van der Waals surface area (Å²) in [7, 11) is 1.18. The summed E-state index contributed by atoms with van der Waals surface area (Å²) in [6.45, 7) is 3.35. The average molecular weight is 390 g/mol. The summed E-state index contributed by atoms with van der Waals surface area (Å²) < 4.78 is 10.1. The number of hydrogen-bond acceptors (Lipinski definition) is 9. The topological polar surface area (TPSA) is 160 Å². The van der Waals surface area contributed by atoms with Gasteiger partial charge in [-0.15, -0.1) is 0 Å². The van der Waals surface area contributed by atoms with Gasteiger partial charge in [0.25, 0.3) is 5.69 Å². The van der Waals surface area contributed by atoms with Crippen molar-refractivity contribution in [2.75, 3.05) is 13.7 Å². The Bertz CT molecular complexity index is 879. The number of benzene rings is 1. The van der Waals surface area contributed by atoms with Gasteiger partial charge in [0.2, 0.25) is 0 Å². The van der Waals surface area contributed by atoms with Crippen LogP contribution in [0, 0.1) is 15.5 Å². The number of carbonyl (C=O) groups excluding carboxylic acids is 2. The van der Waals surface area contributed by atoms with Gasteiger partial charge in [0.1, 0.15) is 17.1 Å². The molecule has 0 saturated carbocycles. The quantitative estimate of drug-likeness (QED) is 0.418. The van der Waals surface area contributed by atoms with Crippen molar-refractivity contribution in [3.05, 3.63) is 51.3 Å². The Hall–Kier alpha value is -3.43. The molecule has 0 spiro atoms. The Balaban J connectivity index is 2.85. The summed E-state index contributed by atoms with van der Waals surface area (Å²) in [6.07, 6.45) is 0.110. The van der Waals surface area contributed by atoms with Crippen LogP contribution >= 0.6 is 0 Å². The summed E-state index contributed by atoms with van der Waals surface area (Å²) in [5.41, 5.74) is 10.5. The van der Waals surface area contributed by atoms with Gasteiger partial charge in [0.15, 0.2) is 0 Å². The first-order valence-corrected chi connectivity index (χ1v) is 8.58. The minimum absolute atomic E-state index is 0.0633. The number of aliphatic imine (C=N–C) groups is 1. The predicted molar refractivity (Wildman–Crippen MR) is 100 cm³/mol. The van der Waals surface area contributed by atoms with Crippen molar-refractivity contribution < 1.29 is 24.0 Å². The summed E-state index contributed by atoms with van der Waals surface area (Å²) in [6, 6.07) is 5.57. The lowest BCUT2D eigenvalue weighted by molar-refractivity contribution is -0.384. The second-order valence-corrected chi connectivity index (χ2v) is 6.12. The molecule has 0 amide bonds. The lowest BCUT2D eigenvalue weighted by Crippen LogP contribution is -2.52. The van der Waals surface area contributed by atoms with E-state index in [4.69, 9.17) is 20.9 Å². The average Bonchev–Trinajstić information content (AvgIpc) is 2.67. The van der Waals surface area contributed by atoms with Crippen molar-refractivity contribution in [2.45, 2.75) is 26.2 Å². The molecule has 10 nitrogen and oxygen atoms in total. The molecule has 1 heterocycles. The molecule has 2 unspecified atom stereocenters. The predicted octanol–water partition coefficient (Wildman–Crippen LogP) is 1.35. The van der Waals surface area contributed by atoms with Crippen LogP contribution in [0.1, 0.15) is 31.7 Å². The number of esters is 2. The summed E-state index contributed by atoms with van der Waals surface area (Å²) >= 11 is 0. The molecule has 0 aromatic heterocycles. The van der Waals surface area contributed by atoms with E-state index in [0.717, 1.165) is 0 Å². The van der Waals surface area contributed by atoms with E-state index in [9.17, 15) is 19.7 Å². The molecule has 1 aromatic rings. The Morgan fingerprint density at radius 1 is 1.32 bits per heavy atom. The zero-order valence-electron chi connectivity index (χ0n) is 15.8. The van der Waals surface area contributed by atoms with Crippen molar-refractivity contribution in [3.8, 4) is 0 Å². The van der Waals surface area contributed by atoms with Gasteiger partial charge in [-0.2, -0.15) is 0 Å². The van der Waals surface area contributed by atoms with Gasteiger partial charge < -0.3 is 20.9 Å². The number of non-ortho nitro benzene ring substituents is 1. The van der Waals surface area contributed by atoms with E-state index < -0.39 is 28.2 Å². The van der Waals surface area contributed by atoms with Gasteiger partial charge in [-0.25, -0.2) is 9.79 Å². The maximum atomic E-state index is 12.8. The smallest absolute Gasteiger partial charge is 0.338 e. The van der Waals surface area contributed by atoms with E-state index in [1.165, 1.54) is 25.3 Å². The van der Waals surface area contributed by atoms with E-state index in [1.807, 2.05) is 0 Å². The van der Waals surface area contributed by atoms with Gasteiger partial charge in [0, 0.05) is 18.1 Å². The van der Waals surface area contributed by atoms with Crippen molar-refractivity contribution >= 4 is 23.5 Å². The molecule has 0 fully saturated rings. The molecule has 0 radical (unpaired) electrons. The number of nitrogens with zero attached hydrogens (tertiary/aromatic N) is 2. The maximum Gasteiger partial charge on any atom is 0.338 e. The van der Waals surface area contributed by atoms with E-state index in [2.05, 4.69) is 4.99 Å². The third-order valence-electron chi connectivity index (χ3n) is 4.77. The number of hydrogen-bond donors (Lipinski definition) is 2. The van der Waals surface area contributed by atoms with E-state index in [0.29, 0.717) is 5.56 Å². The first-order valence-electron chi connectivity index (χ1n) is 8.58. The van der Waals surface area contributed by atoms with Crippen molar-refractivity contribution in [1.29, 1.82) is 0 Å². The Labute approximate surface area is 161 Å². The summed E-state index contributed by atoms with van der Waals surface area (Å²) in [5.74, 6) is -2.93. The van der Waals surface area contributed by atoms with E-state index in [-0.39, 0.29) is 35.9 Å². The number of carbonyl (C=O) groups is 2. The maximum absolute atomic E-state index is 12.8. The molecular formula is C18H22N4O6. The molecule has 0 aliphatic carbocycles. The lowest BCUT2D eigenvalue weighted by Gasteiger charge is -2.40. The second-order valence-electron chi connectivity index (χ2n) is 6.12.